The highest BCUT2D eigenvalue weighted by Crippen LogP contribution is 2.35. The molecule has 0 saturated heterocycles. The summed E-state index contributed by atoms with van der Waals surface area (Å²) in [5, 5.41) is 8.81. The number of aromatic nitrogens is 3. The van der Waals surface area contributed by atoms with Crippen LogP contribution in [0.3, 0.4) is 0 Å². The molecule has 3 rings (SSSR count). The van der Waals surface area contributed by atoms with Crippen LogP contribution in [-0.4, -0.2) is 39.1 Å². The molecule has 0 unspecified atom stereocenters. The van der Waals surface area contributed by atoms with Gasteiger partial charge in [0.15, 0.2) is 0 Å². The van der Waals surface area contributed by atoms with Gasteiger partial charge in [-0.2, -0.15) is 18.3 Å². The first-order chi connectivity index (χ1) is 10.9. The molecule has 9 heteroatoms. The van der Waals surface area contributed by atoms with E-state index in [1.807, 2.05) is 0 Å². The first-order valence-electron chi connectivity index (χ1n) is 7.94. The molecule has 2 N–H and O–H groups in total. The maximum Gasteiger partial charge on any atom is 0.408 e. The Labute approximate surface area is 131 Å². The first-order valence-corrected chi connectivity index (χ1v) is 7.94. The lowest BCUT2D eigenvalue weighted by molar-refractivity contribution is -0.164. The van der Waals surface area contributed by atoms with Crippen molar-refractivity contribution in [2.75, 3.05) is 0 Å². The van der Waals surface area contributed by atoms with Crippen LogP contribution >= 0.6 is 0 Å². The number of fused-ring (bicyclic) bond motifs is 1. The Balaban J connectivity index is 1.57. The van der Waals surface area contributed by atoms with E-state index in [2.05, 4.69) is 20.7 Å². The number of urea groups is 1. The zero-order valence-electron chi connectivity index (χ0n) is 12.6. The molecule has 23 heavy (non-hydrogen) atoms. The predicted molar refractivity (Wildman–Crippen MR) is 75.6 cm³/mol. The minimum atomic E-state index is -4.42. The Morgan fingerprint density at radius 2 is 2.04 bits per heavy atom. The fourth-order valence-corrected chi connectivity index (χ4v) is 3.48. The van der Waals surface area contributed by atoms with Crippen molar-refractivity contribution < 1.29 is 18.0 Å². The molecule has 6 nitrogen and oxygen atoms in total. The summed E-state index contributed by atoms with van der Waals surface area (Å²) in [6.45, 7) is 0.433. The minimum absolute atomic E-state index is 0.235. The number of amides is 2. The average molecular weight is 331 g/mol. The van der Waals surface area contributed by atoms with Gasteiger partial charge in [-0.25, -0.2) is 14.5 Å². The molecule has 2 aliphatic rings. The molecule has 2 amide bonds. The summed E-state index contributed by atoms with van der Waals surface area (Å²) in [5.74, 6) is 0.316. The van der Waals surface area contributed by atoms with Crippen LogP contribution in [0.25, 0.3) is 0 Å². The molecule has 1 aliphatic heterocycles. The summed E-state index contributed by atoms with van der Waals surface area (Å²) in [5.41, 5.74) is 0. The summed E-state index contributed by atoms with van der Waals surface area (Å²) in [6, 6.07) is -2.76. The van der Waals surface area contributed by atoms with Gasteiger partial charge in [-0.3, -0.25) is 0 Å². The van der Waals surface area contributed by atoms with Crippen LogP contribution < -0.4 is 10.6 Å². The molecule has 0 bridgehead atoms. The molecule has 1 saturated carbocycles. The molecular formula is C14H20F3N5O. The van der Waals surface area contributed by atoms with E-state index in [0.29, 0.717) is 32.2 Å². The average Bonchev–Trinajstić information content (AvgIpc) is 3.14. The van der Waals surface area contributed by atoms with Crippen LogP contribution in [0.15, 0.2) is 6.33 Å². The molecule has 2 atom stereocenters. The van der Waals surface area contributed by atoms with Crippen molar-refractivity contribution in [3.63, 3.8) is 0 Å². The zero-order chi connectivity index (χ0) is 16.4. The van der Waals surface area contributed by atoms with Gasteiger partial charge in [0.05, 0.1) is 12.6 Å². The summed E-state index contributed by atoms with van der Waals surface area (Å²) < 4.78 is 41.3. The largest absolute Gasteiger partial charge is 0.408 e. The Hall–Kier alpha value is -1.80. The van der Waals surface area contributed by atoms with Crippen molar-refractivity contribution in [3.8, 4) is 0 Å². The SMILES string of the molecule is O=C(N[C@@H]1CCc2ncnn2C1)N[C@H](C1CCCC1)C(F)(F)F. The van der Waals surface area contributed by atoms with Crippen LogP contribution in [0, 0.1) is 5.92 Å². The van der Waals surface area contributed by atoms with E-state index < -0.39 is 24.2 Å². The Kier molecular flexibility index (Phi) is 4.45. The van der Waals surface area contributed by atoms with Gasteiger partial charge < -0.3 is 10.6 Å². The van der Waals surface area contributed by atoms with Gasteiger partial charge in [-0.15, -0.1) is 0 Å². The van der Waals surface area contributed by atoms with Crippen molar-refractivity contribution >= 4 is 6.03 Å². The van der Waals surface area contributed by atoms with Crippen molar-refractivity contribution in [1.29, 1.82) is 0 Å². The highest BCUT2D eigenvalue weighted by atomic mass is 19.4. The van der Waals surface area contributed by atoms with Crippen LogP contribution in [-0.2, 0) is 13.0 Å². The lowest BCUT2D eigenvalue weighted by Gasteiger charge is -2.29. The maximum atomic E-state index is 13.2. The van der Waals surface area contributed by atoms with Crippen LogP contribution in [0.1, 0.15) is 37.9 Å². The van der Waals surface area contributed by atoms with Crippen LogP contribution in [0.2, 0.25) is 0 Å². The molecule has 2 heterocycles. The summed E-state index contributed by atoms with van der Waals surface area (Å²) in [4.78, 5) is 16.1. The molecule has 0 spiro atoms. The lowest BCUT2D eigenvalue weighted by atomic mass is 9.98. The normalized spacial score (nSPS) is 23.3. The van der Waals surface area contributed by atoms with Gasteiger partial charge in [0.1, 0.15) is 18.2 Å². The highest BCUT2D eigenvalue weighted by Gasteiger charge is 2.46. The minimum Gasteiger partial charge on any atom is -0.334 e. The van der Waals surface area contributed by atoms with Gasteiger partial charge in [0, 0.05) is 6.42 Å². The molecule has 1 aromatic rings. The monoisotopic (exact) mass is 331 g/mol. The number of rotatable bonds is 3. The number of alkyl halides is 3. The summed E-state index contributed by atoms with van der Waals surface area (Å²) >= 11 is 0. The fourth-order valence-electron chi connectivity index (χ4n) is 3.48. The third-order valence-corrected chi connectivity index (χ3v) is 4.65. The molecule has 0 aromatic carbocycles. The Morgan fingerprint density at radius 1 is 1.30 bits per heavy atom. The molecular weight excluding hydrogens is 311 g/mol. The first kappa shape index (κ1) is 16.1. The number of carbonyl (C=O) groups is 1. The second-order valence-electron chi connectivity index (χ2n) is 6.28. The van der Waals surface area contributed by atoms with Gasteiger partial charge in [0.2, 0.25) is 0 Å². The highest BCUT2D eigenvalue weighted by molar-refractivity contribution is 5.74. The number of nitrogens with zero attached hydrogens (tertiary/aromatic N) is 3. The number of halogens is 3. The van der Waals surface area contributed by atoms with Crippen molar-refractivity contribution in [2.45, 2.75) is 63.3 Å². The van der Waals surface area contributed by atoms with Crippen LogP contribution in [0.4, 0.5) is 18.0 Å². The fraction of sp³-hybridized carbons (Fsp3) is 0.786. The van der Waals surface area contributed by atoms with Crippen molar-refractivity contribution in [1.82, 2.24) is 25.4 Å². The third-order valence-electron chi connectivity index (χ3n) is 4.65. The van der Waals surface area contributed by atoms with Crippen molar-refractivity contribution in [2.24, 2.45) is 5.92 Å². The molecule has 128 valence electrons. The predicted octanol–water partition coefficient (Wildman–Crippen LogP) is 2.01. The number of hydrogen-bond acceptors (Lipinski definition) is 3. The second-order valence-corrected chi connectivity index (χ2v) is 6.28. The zero-order valence-corrected chi connectivity index (χ0v) is 12.6. The van der Waals surface area contributed by atoms with Crippen molar-refractivity contribution in [3.05, 3.63) is 12.2 Å². The van der Waals surface area contributed by atoms with Crippen LogP contribution in [0.5, 0.6) is 0 Å². The van der Waals surface area contributed by atoms with E-state index in [9.17, 15) is 18.0 Å². The third kappa shape index (κ3) is 3.76. The topological polar surface area (TPSA) is 71.8 Å². The second kappa shape index (κ2) is 6.37. The van der Waals surface area contributed by atoms with E-state index in [1.54, 1.807) is 4.68 Å². The van der Waals surface area contributed by atoms with E-state index in [4.69, 9.17) is 0 Å². The van der Waals surface area contributed by atoms with Gasteiger partial charge in [0.25, 0.3) is 0 Å². The lowest BCUT2D eigenvalue weighted by Crippen LogP contribution is -2.55. The van der Waals surface area contributed by atoms with Gasteiger partial charge in [-0.05, 0) is 25.2 Å². The number of nitrogens with one attached hydrogen (secondary N) is 2. The Bertz CT molecular complexity index is 553. The summed E-state index contributed by atoms with van der Waals surface area (Å²) in [6.07, 6.45) is 0.918. The summed E-state index contributed by atoms with van der Waals surface area (Å²) in [7, 11) is 0. The maximum absolute atomic E-state index is 13.2. The standard InChI is InChI=1S/C14H20F3N5O/c15-14(16,17)12(9-3-1-2-4-9)21-13(23)20-10-5-6-11-18-8-19-22(11)7-10/h8-10,12H,1-7H2,(H2,20,21,23)/t10-,12-/m1/s1. The molecule has 1 fully saturated rings. The molecule has 1 aliphatic carbocycles. The van der Waals surface area contributed by atoms with E-state index in [1.165, 1.54) is 6.33 Å². The van der Waals surface area contributed by atoms with Gasteiger partial charge in [-0.1, -0.05) is 12.8 Å². The van der Waals surface area contributed by atoms with Gasteiger partial charge >= 0.3 is 12.2 Å². The van der Waals surface area contributed by atoms with E-state index in [0.717, 1.165) is 18.7 Å². The number of hydrogen-bond donors (Lipinski definition) is 2. The number of carbonyl (C=O) groups excluding carboxylic acids is 1. The van der Waals surface area contributed by atoms with E-state index >= 15 is 0 Å². The quantitative estimate of drug-likeness (QED) is 0.890. The molecule has 1 aromatic heterocycles. The number of aryl methyl sites for hydroxylation is 1. The van der Waals surface area contributed by atoms with E-state index in [-0.39, 0.29) is 6.04 Å². The molecule has 0 radical (unpaired) electrons. The smallest absolute Gasteiger partial charge is 0.334 e. The Morgan fingerprint density at radius 3 is 2.74 bits per heavy atom.